The first kappa shape index (κ1) is 20.9. The van der Waals surface area contributed by atoms with Gasteiger partial charge in [-0.1, -0.05) is 36.7 Å². The van der Waals surface area contributed by atoms with Gasteiger partial charge in [0, 0.05) is 28.3 Å². The van der Waals surface area contributed by atoms with E-state index in [0.29, 0.717) is 22.7 Å². The molecule has 0 saturated carbocycles. The van der Waals surface area contributed by atoms with Gasteiger partial charge in [0.15, 0.2) is 9.84 Å². The fourth-order valence-electron chi connectivity index (χ4n) is 3.11. The third-order valence-corrected chi connectivity index (χ3v) is 6.39. The number of halogens is 1. The number of carbonyl (C=O) groups excluding carboxylic acids is 1. The lowest BCUT2D eigenvalue weighted by atomic mass is 9.99. The van der Waals surface area contributed by atoms with Gasteiger partial charge in [0.1, 0.15) is 12.4 Å². The first-order valence-electron chi connectivity index (χ1n) is 8.82. The average molecular weight is 436 g/mol. The number of nitro groups is 1. The number of benzodiazepines with no additional fused rings is 1. The Morgan fingerprint density at radius 1 is 1.21 bits per heavy atom. The van der Waals surface area contributed by atoms with Crippen molar-refractivity contribution in [2.45, 2.75) is 13.3 Å². The molecular formula is C19H18ClN3O5S. The van der Waals surface area contributed by atoms with Crippen molar-refractivity contribution < 1.29 is 18.1 Å². The highest BCUT2D eigenvalue weighted by molar-refractivity contribution is 7.91. The molecule has 8 nitrogen and oxygen atoms in total. The van der Waals surface area contributed by atoms with Crippen molar-refractivity contribution >= 4 is 44.4 Å². The van der Waals surface area contributed by atoms with Gasteiger partial charge in [-0.05, 0) is 18.6 Å². The number of nitro benzene ring substituents is 1. The van der Waals surface area contributed by atoms with Crippen LogP contribution in [0.3, 0.4) is 0 Å². The van der Waals surface area contributed by atoms with Crippen molar-refractivity contribution in [3.05, 3.63) is 68.7 Å². The molecule has 3 rings (SSSR count). The Morgan fingerprint density at radius 2 is 1.93 bits per heavy atom. The van der Waals surface area contributed by atoms with Gasteiger partial charge < -0.3 is 0 Å². The average Bonchev–Trinajstić information content (AvgIpc) is 2.79. The molecule has 1 amide bonds. The summed E-state index contributed by atoms with van der Waals surface area (Å²) in [5, 5.41) is 11.7. The summed E-state index contributed by atoms with van der Waals surface area (Å²) in [6.07, 6.45) is 0.416. The van der Waals surface area contributed by atoms with Gasteiger partial charge in [0.2, 0.25) is 5.91 Å². The van der Waals surface area contributed by atoms with Gasteiger partial charge in [-0.2, -0.15) is 0 Å². The van der Waals surface area contributed by atoms with Gasteiger partial charge in [-0.25, -0.2) is 8.42 Å². The molecule has 10 heteroatoms. The summed E-state index contributed by atoms with van der Waals surface area (Å²) in [4.78, 5) is 28.9. The highest BCUT2D eigenvalue weighted by Gasteiger charge is 2.30. The first-order chi connectivity index (χ1) is 13.7. The number of rotatable bonds is 6. The molecule has 2 aromatic carbocycles. The molecule has 0 bridgehead atoms. The number of anilines is 1. The van der Waals surface area contributed by atoms with Gasteiger partial charge in [0.25, 0.3) is 5.69 Å². The van der Waals surface area contributed by atoms with E-state index in [1.807, 2.05) is 0 Å². The molecule has 0 saturated heterocycles. The first-order valence-corrected chi connectivity index (χ1v) is 11.0. The van der Waals surface area contributed by atoms with Crippen LogP contribution in [0.5, 0.6) is 0 Å². The topological polar surface area (TPSA) is 110 Å². The lowest BCUT2D eigenvalue weighted by Crippen LogP contribution is -2.37. The predicted octanol–water partition coefficient (Wildman–Crippen LogP) is 3.21. The molecule has 1 aliphatic heterocycles. The van der Waals surface area contributed by atoms with E-state index in [1.165, 1.54) is 18.2 Å². The highest BCUT2D eigenvalue weighted by atomic mass is 35.5. The molecule has 29 heavy (non-hydrogen) atoms. The number of aliphatic imine (C=N–C) groups is 1. The standard InChI is InChI=1S/C19H18ClN3O5S/c1-2-9-29(27,28)12-22-17-8-7-13(23(25)26)10-15(17)19(21-11-18(22)24)14-5-3-4-6-16(14)20/h3-8,10H,2,9,11-12H2,1H3. The lowest BCUT2D eigenvalue weighted by molar-refractivity contribution is -0.384. The second kappa shape index (κ2) is 8.30. The van der Waals surface area contributed by atoms with Crippen LogP contribution in [0.2, 0.25) is 5.02 Å². The van der Waals surface area contributed by atoms with Crippen molar-refractivity contribution in [3.63, 3.8) is 0 Å². The number of hydrogen-bond acceptors (Lipinski definition) is 6. The molecule has 0 spiro atoms. The molecule has 0 aromatic heterocycles. The van der Waals surface area contributed by atoms with E-state index in [1.54, 1.807) is 31.2 Å². The maximum Gasteiger partial charge on any atom is 0.270 e. The summed E-state index contributed by atoms with van der Waals surface area (Å²) in [5.41, 5.74) is 1.13. The van der Waals surface area contributed by atoms with Crippen LogP contribution in [-0.4, -0.2) is 43.1 Å². The number of nitrogens with zero attached hydrogens (tertiary/aromatic N) is 3. The second-order valence-corrected chi connectivity index (χ2v) is 9.06. The Labute approximate surface area is 172 Å². The van der Waals surface area contributed by atoms with Crippen LogP contribution in [0.25, 0.3) is 0 Å². The van der Waals surface area contributed by atoms with Gasteiger partial charge in [-0.15, -0.1) is 0 Å². The molecule has 2 aromatic rings. The number of non-ortho nitro benzene ring substituents is 1. The number of amides is 1. The zero-order valence-electron chi connectivity index (χ0n) is 15.5. The molecule has 0 radical (unpaired) electrons. The second-order valence-electron chi connectivity index (χ2n) is 6.50. The normalized spacial score (nSPS) is 14.2. The van der Waals surface area contributed by atoms with E-state index in [0.717, 1.165) is 4.90 Å². The monoisotopic (exact) mass is 435 g/mol. The predicted molar refractivity (Wildman–Crippen MR) is 111 cm³/mol. The third-order valence-electron chi connectivity index (χ3n) is 4.38. The Bertz CT molecular complexity index is 1110. The van der Waals surface area contributed by atoms with Crippen molar-refractivity contribution in [2.24, 2.45) is 4.99 Å². The maximum atomic E-state index is 12.7. The Hall–Kier alpha value is -2.78. The minimum Gasteiger partial charge on any atom is -0.295 e. The summed E-state index contributed by atoms with van der Waals surface area (Å²) in [6, 6.07) is 10.7. The Kier molecular flexibility index (Phi) is 5.99. The van der Waals surface area contributed by atoms with Crippen molar-refractivity contribution in [1.29, 1.82) is 0 Å². The highest BCUT2D eigenvalue weighted by Crippen LogP contribution is 2.32. The number of carbonyl (C=O) groups is 1. The fourth-order valence-corrected chi connectivity index (χ4v) is 4.76. The summed E-state index contributed by atoms with van der Waals surface area (Å²) in [7, 11) is -3.55. The number of benzene rings is 2. The molecule has 0 atom stereocenters. The summed E-state index contributed by atoms with van der Waals surface area (Å²) in [6.45, 7) is 1.43. The quantitative estimate of drug-likeness (QED) is 0.511. The summed E-state index contributed by atoms with van der Waals surface area (Å²) < 4.78 is 24.8. The SMILES string of the molecule is CCCS(=O)(=O)CN1C(=O)CN=C(c2ccccc2Cl)c2cc([N+](=O)[O-])ccc21. The molecule has 152 valence electrons. The fraction of sp³-hybridized carbons (Fsp3) is 0.263. The van der Waals surface area contributed by atoms with Crippen LogP contribution >= 0.6 is 11.6 Å². The van der Waals surface area contributed by atoms with E-state index >= 15 is 0 Å². The zero-order valence-corrected chi connectivity index (χ0v) is 17.1. The minimum atomic E-state index is -3.55. The molecule has 0 N–H and O–H groups in total. The van der Waals surface area contributed by atoms with E-state index in [9.17, 15) is 23.3 Å². The van der Waals surface area contributed by atoms with Gasteiger partial charge in [0.05, 0.1) is 22.1 Å². The smallest absolute Gasteiger partial charge is 0.270 e. The van der Waals surface area contributed by atoms with Crippen molar-refractivity contribution in [1.82, 2.24) is 0 Å². The summed E-state index contributed by atoms with van der Waals surface area (Å²) >= 11 is 6.29. The number of fused-ring (bicyclic) bond motifs is 1. The van der Waals surface area contributed by atoms with Crippen LogP contribution in [0.15, 0.2) is 47.5 Å². The van der Waals surface area contributed by atoms with Crippen molar-refractivity contribution in [3.8, 4) is 0 Å². The van der Waals surface area contributed by atoms with Gasteiger partial charge >= 0.3 is 0 Å². The molecule has 0 unspecified atom stereocenters. The van der Waals surface area contributed by atoms with E-state index in [2.05, 4.69) is 4.99 Å². The lowest BCUT2D eigenvalue weighted by Gasteiger charge is -2.23. The third kappa shape index (κ3) is 4.46. The zero-order chi connectivity index (χ0) is 21.2. The molecule has 0 aliphatic carbocycles. The van der Waals surface area contributed by atoms with Crippen LogP contribution in [0.4, 0.5) is 11.4 Å². The van der Waals surface area contributed by atoms with Gasteiger partial charge in [-0.3, -0.25) is 24.8 Å². The maximum absolute atomic E-state index is 12.7. The molecule has 1 aliphatic rings. The van der Waals surface area contributed by atoms with Crippen LogP contribution in [-0.2, 0) is 14.6 Å². The molecular weight excluding hydrogens is 418 g/mol. The Balaban J connectivity index is 2.21. The number of sulfone groups is 1. The van der Waals surface area contributed by atoms with E-state index in [4.69, 9.17) is 11.6 Å². The largest absolute Gasteiger partial charge is 0.295 e. The number of hydrogen-bond donors (Lipinski definition) is 0. The Morgan fingerprint density at radius 3 is 2.59 bits per heavy atom. The van der Waals surface area contributed by atoms with Crippen molar-refractivity contribution in [2.75, 3.05) is 23.1 Å². The summed E-state index contributed by atoms with van der Waals surface area (Å²) in [5.74, 6) is -1.10. The van der Waals surface area contributed by atoms with E-state index < -0.39 is 26.5 Å². The van der Waals surface area contributed by atoms with Crippen LogP contribution in [0.1, 0.15) is 24.5 Å². The van der Waals surface area contributed by atoms with Crippen LogP contribution < -0.4 is 4.90 Å². The molecule has 0 fully saturated rings. The molecule has 1 heterocycles. The van der Waals surface area contributed by atoms with E-state index in [-0.39, 0.29) is 29.2 Å². The minimum absolute atomic E-state index is 0.0721. The van der Waals surface area contributed by atoms with Crippen LogP contribution in [0, 0.1) is 10.1 Å².